The zero-order valence-corrected chi connectivity index (χ0v) is 26.8. The zero-order chi connectivity index (χ0) is 31.1. The highest BCUT2D eigenvalue weighted by Crippen LogP contribution is 2.40. The van der Waals surface area contributed by atoms with E-state index in [9.17, 15) is 4.79 Å². The number of hydrogen-bond donors (Lipinski definition) is 0. The normalized spacial score (nSPS) is 17.8. The van der Waals surface area contributed by atoms with Crippen LogP contribution in [0.5, 0.6) is 0 Å². The second kappa shape index (κ2) is 11.8. The standard InChI is InChI=1S/C31H38BClN6O4/c1-20-23(18-24-27(36-19-39(24)28(20)33)21-10-13-34-25(16-21)37(5)6)29(40)41-15-9-12-31(4)30(2,3)42-32(43-31)22-11-14-35-26(17-22)38(7)8/h10-11,13-14,16-19H,9,12,15H2,1-8H3. The van der Waals surface area contributed by atoms with Crippen LogP contribution in [0.3, 0.4) is 0 Å². The lowest BCUT2D eigenvalue weighted by molar-refractivity contribution is -0.0208. The topological polar surface area (TPSA) is 94.3 Å². The van der Waals surface area contributed by atoms with Gasteiger partial charge in [-0.1, -0.05) is 11.6 Å². The molecule has 5 heterocycles. The van der Waals surface area contributed by atoms with E-state index in [1.54, 1.807) is 29.2 Å². The molecule has 0 aliphatic carbocycles. The van der Waals surface area contributed by atoms with Crippen molar-refractivity contribution in [2.45, 2.75) is 51.7 Å². The molecule has 1 atom stereocenters. The van der Waals surface area contributed by atoms with Crippen molar-refractivity contribution in [2.24, 2.45) is 0 Å². The fourth-order valence-corrected chi connectivity index (χ4v) is 5.44. The quantitative estimate of drug-likeness (QED) is 0.116. The maximum absolute atomic E-state index is 13.3. The molecule has 0 saturated carbocycles. The molecule has 1 fully saturated rings. The third-order valence-electron chi connectivity index (χ3n) is 8.28. The molecule has 0 spiro atoms. The minimum Gasteiger partial charge on any atom is -0.462 e. The summed E-state index contributed by atoms with van der Waals surface area (Å²) in [4.78, 5) is 30.6. The first-order valence-electron chi connectivity index (χ1n) is 14.3. The zero-order valence-electron chi connectivity index (χ0n) is 26.0. The van der Waals surface area contributed by atoms with Gasteiger partial charge in [-0.2, -0.15) is 0 Å². The van der Waals surface area contributed by atoms with Crippen molar-refractivity contribution >= 4 is 47.3 Å². The van der Waals surface area contributed by atoms with E-state index in [2.05, 4.69) is 15.0 Å². The summed E-state index contributed by atoms with van der Waals surface area (Å²) in [6, 6.07) is 9.51. The maximum atomic E-state index is 13.3. The molecular weight excluding hydrogens is 567 g/mol. The van der Waals surface area contributed by atoms with E-state index in [1.165, 1.54) is 0 Å². The number of carbonyl (C=O) groups is 1. The number of esters is 1. The van der Waals surface area contributed by atoms with Crippen molar-refractivity contribution in [1.82, 2.24) is 19.4 Å². The molecule has 43 heavy (non-hydrogen) atoms. The van der Waals surface area contributed by atoms with Gasteiger partial charge < -0.3 is 23.8 Å². The second-order valence-corrected chi connectivity index (χ2v) is 12.4. The van der Waals surface area contributed by atoms with Crippen LogP contribution in [0.1, 0.15) is 49.5 Å². The van der Waals surface area contributed by atoms with E-state index in [1.807, 2.05) is 90.0 Å². The number of imidazole rings is 1. The minimum absolute atomic E-state index is 0.226. The lowest BCUT2D eigenvalue weighted by Gasteiger charge is -2.36. The summed E-state index contributed by atoms with van der Waals surface area (Å²) in [6.07, 6.45) is 6.39. The summed E-state index contributed by atoms with van der Waals surface area (Å²) in [5, 5.41) is 0.412. The number of anilines is 2. The van der Waals surface area contributed by atoms with Gasteiger partial charge >= 0.3 is 13.1 Å². The summed E-state index contributed by atoms with van der Waals surface area (Å²) in [6.45, 7) is 8.14. The Balaban J connectivity index is 1.28. The number of rotatable bonds is 9. The number of hydrogen-bond acceptors (Lipinski definition) is 9. The molecular formula is C31H38BClN6O4. The van der Waals surface area contributed by atoms with E-state index >= 15 is 0 Å². The highest BCUT2D eigenvalue weighted by Gasteiger charge is 2.54. The average Bonchev–Trinajstić information content (AvgIpc) is 3.51. The molecule has 10 nitrogen and oxygen atoms in total. The molecule has 0 amide bonds. The Bertz CT molecular complexity index is 1660. The van der Waals surface area contributed by atoms with Gasteiger partial charge in [-0.25, -0.2) is 19.7 Å². The van der Waals surface area contributed by atoms with E-state index < -0.39 is 24.3 Å². The first-order valence-corrected chi connectivity index (χ1v) is 14.6. The van der Waals surface area contributed by atoms with Crippen molar-refractivity contribution in [1.29, 1.82) is 0 Å². The fraction of sp³-hybridized carbons (Fsp3) is 0.419. The predicted molar refractivity (Wildman–Crippen MR) is 171 cm³/mol. The van der Waals surface area contributed by atoms with Gasteiger partial charge in [0.2, 0.25) is 0 Å². The molecule has 5 rings (SSSR count). The molecule has 0 bridgehead atoms. The SMILES string of the molecule is Cc1c(C(=O)OCCCC2(C)OB(c3ccnc(N(C)C)c3)OC2(C)C)cc2c(-c3ccnc(N(C)C)c3)ncn2c1Cl. The van der Waals surface area contributed by atoms with Crippen LogP contribution in [0.4, 0.5) is 11.6 Å². The molecule has 12 heteroatoms. The van der Waals surface area contributed by atoms with Gasteiger partial charge in [-0.3, -0.25) is 4.40 Å². The fourth-order valence-electron chi connectivity index (χ4n) is 5.20. The first kappa shape index (κ1) is 30.8. The number of carbonyl (C=O) groups excluding carboxylic acids is 1. The van der Waals surface area contributed by atoms with Crippen LogP contribution in [0.2, 0.25) is 5.15 Å². The molecule has 1 aliphatic heterocycles. The lowest BCUT2D eigenvalue weighted by atomic mass is 9.79. The molecule has 1 saturated heterocycles. The van der Waals surface area contributed by atoms with Gasteiger partial charge in [-0.05, 0) is 81.9 Å². The Labute approximate surface area is 258 Å². The molecule has 1 aliphatic rings. The monoisotopic (exact) mass is 604 g/mol. The summed E-state index contributed by atoms with van der Waals surface area (Å²) in [5.41, 5.74) is 3.09. The maximum Gasteiger partial charge on any atom is 0.495 e. The van der Waals surface area contributed by atoms with Crippen LogP contribution < -0.4 is 15.3 Å². The number of aromatic nitrogens is 4. The number of halogens is 1. The number of ether oxygens (including phenoxy) is 1. The Hall–Kier alpha value is -3.67. The molecule has 4 aromatic heterocycles. The number of pyridine rings is 3. The van der Waals surface area contributed by atoms with Crippen molar-refractivity contribution in [2.75, 3.05) is 44.6 Å². The van der Waals surface area contributed by atoms with Crippen LogP contribution in [0, 0.1) is 6.92 Å². The van der Waals surface area contributed by atoms with Gasteiger partial charge in [0.05, 0.1) is 34.6 Å². The van der Waals surface area contributed by atoms with Crippen LogP contribution in [0.15, 0.2) is 49.1 Å². The number of fused-ring (bicyclic) bond motifs is 1. The summed E-state index contributed by atoms with van der Waals surface area (Å²) < 4.78 is 20.4. The van der Waals surface area contributed by atoms with Crippen LogP contribution in [-0.2, 0) is 14.0 Å². The van der Waals surface area contributed by atoms with Crippen molar-refractivity contribution in [3.63, 3.8) is 0 Å². The molecule has 4 aromatic rings. The van der Waals surface area contributed by atoms with E-state index in [-0.39, 0.29) is 6.61 Å². The molecule has 0 aromatic carbocycles. The van der Waals surface area contributed by atoms with Crippen molar-refractivity contribution in [3.8, 4) is 11.3 Å². The Morgan fingerprint density at radius 2 is 1.67 bits per heavy atom. The number of nitrogens with zero attached hydrogens (tertiary/aromatic N) is 6. The second-order valence-electron chi connectivity index (χ2n) is 12.0. The Kier molecular flexibility index (Phi) is 8.44. The summed E-state index contributed by atoms with van der Waals surface area (Å²) in [5.74, 6) is 1.20. The third-order valence-corrected chi connectivity index (χ3v) is 8.75. The van der Waals surface area contributed by atoms with Crippen molar-refractivity contribution in [3.05, 3.63) is 65.3 Å². The van der Waals surface area contributed by atoms with E-state index in [0.717, 1.165) is 22.7 Å². The molecule has 1 unspecified atom stereocenters. The summed E-state index contributed by atoms with van der Waals surface area (Å²) in [7, 11) is 7.24. The Morgan fingerprint density at radius 3 is 2.37 bits per heavy atom. The van der Waals surface area contributed by atoms with Gasteiger partial charge in [0.1, 0.15) is 23.1 Å². The summed E-state index contributed by atoms with van der Waals surface area (Å²) >= 11 is 6.70. The highest BCUT2D eigenvalue weighted by atomic mass is 35.5. The van der Waals surface area contributed by atoms with Crippen LogP contribution in [0.25, 0.3) is 16.8 Å². The Morgan fingerprint density at radius 1 is 1.00 bits per heavy atom. The van der Waals surface area contributed by atoms with Gasteiger partial charge in [-0.15, -0.1) is 0 Å². The van der Waals surface area contributed by atoms with Crippen LogP contribution >= 0.6 is 11.6 Å². The lowest BCUT2D eigenvalue weighted by Crippen LogP contribution is -2.44. The van der Waals surface area contributed by atoms with Gasteiger partial charge in [0.15, 0.2) is 0 Å². The van der Waals surface area contributed by atoms with E-state index in [0.29, 0.717) is 40.3 Å². The van der Waals surface area contributed by atoms with Crippen molar-refractivity contribution < 1.29 is 18.8 Å². The predicted octanol–water partition coefficient (Wildman–Crippen LogP) is 4.80. The third kappa shape index (κ3) is 5.94. The minimum atomic E-state index is -0.591. The highest BCUT2D eigenvalue weighted by molar-refractivity contribution is 6.62. The molecule has 0 radical (unpaired) electrons. The first-order chi connectivity index (χ1) is 20.3. The van der Waals surface area contributed by atoms with Crippen LogP contribution in [-0.4, -0.2) is 78.4 Å². The largest absolute Gasteiger partial charge is 0.495 e. The average molecular weight is 605 g/mol. The van der Waals surface area contributed by atoms with E-state index in [4.69, 9.17) is 25.6 Å². The molecule has 0 N–H and O–H groups in total. The van der Waals surface area contributed by atoms with Gasteiger partial charge in [0.25, 0.3) is 0 Å². The molecule has 226 valence electrons. The smallest absolute Gasteiger partial charge is 0.462 e. The van der Waals surface area contributed by atoms with Gasteiger partial charge in [0, 0.05) is 46.1 Å².